The molecule has 0 fully saturated rings. The molecule has 42 heavy (non-hydrogen) atoms. The summed E-state index contributed by atoms with van der Waals surface area (Å²) >= 11 is 0. The average molecular weight is 590 g/mol. The number of amides is 1. The molecule has 1 atom stereocenters. The molecule has 0 saturated carbocycles. The van der Waals surface area contributed by atoms with Gasteiger partial charge >= 0.3 is 0 Å². The number of ether oxygens (including phenoxy) is 2. The number of unbranched alkanes of at least 4 members (excludes halogenated alkanes) is 19. The Morgan fingerprint density at radius 1 is 0.595 bits per heavy atom. The molecule has 0 aliphatic heterocycles. The summed E-state index contributed by atoms with van der Waals surface area (Å²) in [6, 6.07) is 5.52. The Bertz CT molecular complexity index is 709. The van der Waals surface area contributed by atoms with Gasteiger partial charge in [-0.3, -0.25) is 4.79 Å². The predicted octanol–water partition coefficient (Wildman–Crippen LogP) is 10.6. The van der Waals surface area contributed by atoms with Crippen molar-refractivity contribution >= 4 is 5.91 Å². The molecule has 1 amide bonds. The Morgan fingerprint density at radius 2 is 0.976 bits per heavy atom. The third-order valence-corrected chi connectivity index (χ3v) is 8.06. The molecule has 0 heterocycles. The smallest absolute Gasteiger partial charge is 0.251 e. The van der Waals surface area contributed by atoms with Crippen LogP contribution in [0.4, 0.5) is 0 Å². The zero-order chi connectivity index (χ0) is 30.5. The van der Waals surface area contributed by atoms with E-state index in [1.165, 1.54) is 116 Å². The summed E-state index contributed by atoms with van der Waals surface area (Å²) in [5, 5.41) is 13.0. The van der Waals surface area contributed by atoms with Gasteiger partial charge in [0.25, 0.3) is 5.91 Å². The number of rotatable bonds is 30. The highest BCUT2D eigenvalue weighted by Crippen LogP contribution is 2.24. The largest absolute Gasteiger partial charge is 0.493 e. The molecule has 0 saturated heterocycles. The van der Waals surface area contributed by atoms with Crippen LogP contribution in [0.25, 0.3) is 0 Å². The Labute approximate surface area is 259 Å². The van der Waals surface area contributed by atoms with Crippen molar-refractivity contribution in [3.05, 3.63) is 23.8 Å². The van der Waals surface area contributed by atoms with Crippen molar-refractivity contribution in [2.45, 2.75) is 175 Å². The van der Waals surface area contributed by atoms with Gasteiger partial charge in [-0.2, -0.15) is 0 Å². The maximum absolute atomic E-state index is 12.9. The van der Waals surface area contributed by atoms with Crippen molar-refractivity contribution < 1.29 is 19.4 Å². The first-order valence-electron chi connectivity index (χ1n) is 18.0. The van der Waals surface area contributed by atoms with E-state index in [1.54, 1.807) is 12.1 Å². The molecule has 244 valence electrons. The molecule has 1 aromatic rings. The number of aliphatic hydroxyl groups excluding tert-OH is 1. The Hall–Kier alpha value is -1.75. The molecule has 0 spiro atoms. The fourth-order valence-corrected chi connectivity index (χ4v) is 5.28. The van der Waals surface area contributed by atoms with Crippen molar-refractivity contribution in [1.29, 1.82) is 0 Å². The van der Waals surface area contributed by atoms with Gasteiger partial charge in [-0.1, -0.05) is 149 Å². The molecule has 5 nitrogen and oxygen atoms in total. The first-order valence-corrected chi connectivity index (χ1v) is 18.0. The maximum Gasteiger partial charge on any atom is 0.251 e. The standard InChI is InChI=1S/C37H67NO4/c1-4-7-10-12-14-16-18-20-22-24-27-41-35-29-33(37(40)38-32-34(39)26-9-6-3)30-36(31-35)42-28-25-23-21-19-17-15-13-11-8-5-2/h29-31,34,39H,4-28,32H2,1-3H3,(H,38,40). The maximum atomic E-state index is 12.9. The highest BCUT2D eigenvalue weighted by Gasteiger charge is 2.13. The molecule has 0 aliphatic rings. The number of hydrogen-bond donors (Lipinski definition) is 2. The van der Waals surface area contributed by atoms with E-state index in [4.69, 9.17) is 9.47 Å². The second-order valence-corrected chi connectivity index (χ2v) is 12.3. The highest BCUT2D eigenvalue weighted by atomic mass is 16.5. The Morgan fingerprint density at radius 3 is 1.38 bits per heavy atom. The third kappa shape index (κ3) is 21.9. The van der Waals surface area contributed by atoms with E-state index < -0.39 is 6.10 Å². The highest BCUT2D eigenvalue weighted by molar-refractivity contribution is 5.95. The van der Waals surface area contributed by atoms with E-state index in [9.17, 15) is 9.90 Å². The van der Waals surface area contributed by atoms with E-state index in [2.05, 4.69) is 26.1 Å². The molecule has 1 unspecified atom stereocenters. The molecule has 0 aliphatic carbocycles. The molecule has 1 aromatic carbocycles. The van der Waals surface area contributed by atoms with Crippen molar-refractivity contribution in [2.24, 2.45) is 0 Å². The molecule has 5 heteroatoms. The van der Waals surface area contributed by atoms with Gasteiger partial charge in [-0.15, -0.1) is 0 Å². The van der Waals surface area contributed by atoms with E-state index in [0.29, 0.717) is 36.7 Å². The summed E-state index contributed by atoms with van der Waals surface area (Å²) in [7, 11) is 0. The lowest BCUT2D eigenvalue weighted by atomic mass is 10.1. The summed E-state index contributed by atoms with van der Waals surface area (Å²) in [5.74, 6) is 1.17. The number of benzene rings is 1. The lowest BCUT2D eigenvalue weighted by Gasteiger charge is -2.14. The molecular weight excluding hydrogens is 522 g/mol. The summed E-state index contributed by atoms with van der Waals surface area (Å²) < 4.78 is 12.2. The number of hydrogen-bond acceptors (Lipinski definition) is 4. The molecule has 0 aromatic heterocycles. The van der Waals surface area contributed by atoms with E-state index in [-0.39, 0.29) is 12.5 Å². The second-order valence-electron chi connectivity index (χ2n) is 12.3. The molecule has 0 radical (unpaired) electrons. The van der Waals surface area contributed by atoms with Crippen LogP contribution >= 0.6 is 0 Å². The van der Waals surface area contributed by atoms with Crippen LogP contribution < -0.4 is 14.8 Å². The van der Waals surface area contributed by atoms with Gasteiger partial charge in [0.15, 0.2) is 0 Å². The van der Waals surface area contributed by atoms with Gasteiger partial charge in [0.05, 0.1) is 19.3 Å². The summed E-state index contributed by atoms with van der Waals surface area (Å²) in [4.78, 5) is 12.9. The first-order chi connectivity index (χ1) is 20.6. The van der Waals surface area contributed by atoms with Gasteiger partial charge < -0.3 is 19.9 Å². The lowest BCUT2D eigenvalue weighted by molar-refractivity contribution is 0.0908. The van der Waals surface area contributed by atoms with Gasteiger partial charge in [0.2, 0.25) is 0 Å². The second kappa shape index (κ2) is 28.0. The molecule has 1 rings (SSSR count). The van der Waals surface area contributed by atoms with Crippen molar-refractivity contribution in [3.63, 3.8) is 0 Å². The fourth-order valence-electron chi connectivity index (χ4n) is 5.28. The van der Waals surface area contributed by atoms with Crippen LogP contribution in [0.5, 0.6) is 11.5 Å². The minimum Gasteiger partial charge on any atom is -0.493 e. The summed E-state index contributed by atoms with van der Waals surface area (Å²) in [6.45, 7) is 8.19. The SMILES string of the molecule is CCCCCCCCCCCCOc1cc(OCCCCCCCCCCCC)cc(C(=O)NCC(O)CCCC)c1. The summed E-state index contributed by atoms with van der Waals surface area (Å²) in [6.07, 6.45) is 28.0. The monoisotopic (exact) mass is 590 g/mol. The number of aliphatic hydroxyl groups is 1. The topological polar surface area (TPSA) is 67.8 Å². The third-order valence-electron chi connectivity index (χ3n) is 8.06. The number of nitrogens with one attached hydrogen (secondary N) is 1. The van der Waals surface area contributed by atoms with Crippen molar-refractivity contribution in [1.82, 2.24) is 5.32 Å². The summed E-state index contributed by atoms with van der Waals surface area (Å²) in [5.41, 5.74) is 0.524. The van der Waals surface area contributed by atoms with Crippen LogP contribution in [0.3, 0.4) is 0 Å². The van der Waals surface area contributed by atoms with E-state index >= 15 is 0 Å². The predicted molar refractivity (Wildman–Crippen MR) is 179 cm³/mol. The van der Waals surface area contributed by atoms with Gasteiger partial charge in [0, 0.05) is 18.2 Å². The fraction of sp³-hybridized carbons (Fsp3) is 0.811. The Kier molecular flexibility index (Phi) is 25.6. The zero-order valence-electron chi connectivity index (χ0n) is 27.9. The molecular formula is C37H67NO4. The average Bonchev–Trinajstić information content (AvgIpc) is 3.00. The quantitative estimate of drug-likeness (QED) is 0.0876. The van der Waals surface area contributed by atoms with E-state index in [0.717, 1.165) is 25.7 Å². The van der Waals surface area contributed by atoms with Crippen LogP contribution in [-0.2, 0) is 0 Å². The number of carbonyl (C=O) groups is 1. The van der Waals surface area contributed by atoms with Crippen LogP contribution in [0.2, 0.25) is 0 Å². The zero-order valence-corrected chi connectivity index (χ0v) is 27.9. The van der Waals surface area contributed by atoms with Crippen LogP contribution in [0.15, 0.2) is 18.2 Å². The van der Waals surface area contributed by atoms with Gasteiger partial charge in [0.1, 0.15) is 11.5 Å². The van der Waals surface area contributed by atoms with Gasteiger partial charge in [-0.05, 0) is 31.4 Å². The molecule has 0 bridgehead atoms. The normalized spacial score (nSPS) is 11.9. The van der Waals surface area contributed by atoms with Crippen molar-refractivity contribution in [2.75, 3.05) is 19.8 Å². The van der Waals surface area contributed by atoms with Crippen LogP contribution in [0.1, 0.15) is 179 Å². The first kappa shape index (κ1) is 38.3. The Balaban J connectivity index is 2.46. The minimum absolute atomic E-state index is 0.196. The van der Waals surface area contributed by atoms with Crippen LogP contribution in [-0.4, -0.2) is 36.9 Å². The minimum atomic E-state index is -0.517. The van der Waals surface area contributed by atoms with Crippen LogP contribution in [0, 0.1) is 0 Å². The van der Waals surface area contributed by atoms with Gasteiger partial charge in [-0.25, -0.2) is 0 Å². The van der Waals surface area contributed by atoms with E-state index in [1.807, 2.05) is 6.07 Å². The number of carbonyl (C=O) groups excluding carboxylic acids is 1. The molecule has 2 N–H and O–H groups in total. The van der Waals surface area contributed by atoms with Crippen molar-refractivity contribution in [3.8, 4) is 11.5 Å². The lowest BCUT2D eigenvalue weighted by Crippen LogP contribution is -2.32.